The van der Waals surface area contributed by atoms with Crippen LogP contribution >= 0.6 is 0 Å². The number of para-hydroxylation sites is 1. The zero-order valence-electron chi connectivity index (χ0n) is 11.7. The molecule has 2 aromatic rings. The fraction of sp³-hybridized carbons (Fsp3) is 0.312. The molecule has 1 aromatic heterocycles. The molecule has 4 nitrogen and oxygen atoms in total. The zero-order chi connectivity index (χ0) is 14.5. The topological polar surface area (TPSA) is 62.3 Å². The number of ether oxygens (including phenoxy) is 1. The van der Waals surface area contributed by atoms with Gasteiger partial charge in [0.25, 0.3) is 5.56 Å². The number of aromatic amines is 1. The Hall–Kier alpha value is -2.07. The number of hydrogen-bond donors (Lipinski definition) is 2. The van der Waals surface area contributed by atoms with Crippen molar-refractivity contribution in [2.45, 2.75) is 20.5 Å². The van der Waals surface area contributed by atoms with Crippen LogP contribution in [-0.4, -0.2) is 16.7 Å². The number of aliphatic hydroxyl groups is 1. The second-order valence-electron chi connectivity index (χ2n) is 5.09. The standard InChI is InChI=1S/C16H19NO3/c1-11(2)10-20-15-6-4-3-5-13(15)14-8-7-12(9-18)16(19)17-14/h3-8,11,18H,9-10H2,1-2H3,(H,17,19). The average Bonchev–Trinajstić information content (AvgIpc) is 2.45. The number of pyridine rings is 1. The van der Waals surface area contributed by atoms with E-state index in [1.165, 1.54) is 0 Å². The third-order valence-electron chi connectivity index (χ3n) is 2.91. The Bertz CT molecular complexity index is 632. The van der Waals surface area contributed by atoms with Gasteiger partial charge in [-0.25, -0.2) is 0 Å². The van der Waals surface area contributed by atoms with E-state index in [0.29, 0.717) is 23.8 Å². The molecular formula is C16H19NO3. The van der Waals surface area contributed by atoms with E-state index in [1.54, 1.807) is 12.1 Å². The lowest BCUT2D eigenvalue weighted by Gasteiger charge is -2.13. The van der Waals surface area contributed by atoms with E-state index in [9.17, 15) is 4.79 Å². The lowest BCUT2D eigenvalue weighted by molar-refractivity contribution is 0.272. The first-order valence-corrected chi connectivity index (χ1v) is 6.67. The highest BCUT2D eigenvalue weighted by atomic mass is 16.5. The molecule has 4 heteroatoms. The monoisotopic (exact) mass is 273 g/mol. The van der Waals surface area contributed by atoms with Crippen LogP contribution in [0.25, 0.3) is 11.3 Å². The molecule has 0 bridgehead atoms. The largest absolute Gasteiger partial charge is 0.493 e. The summed E-state index contributed by atoms with van der Waals surface area (Å²) in [6.07, 6.45) is 0. The highest BCUT2D eigenvalue weighted by molar-refractivity contribution is 5.66. The molecule has 20 heavy (non-hydrogen) atoms. The maximum Gasteiger partial charge on any atom is 0.253 e. The van der Waals surface area contributed by atoms with Crippen LogP contribution in [0.2, 0.25) is 0 Å². The van der Waals surface area contributed by atoms with Crippen LogP contribution in [0.1, 0.15) is 19.4 Å². The lowest BCUT2D eigenvalue weighted by Crippen LogP contribution is -2.13. The van der Waals surface area contributed by atoms with Crippen LogP contribution in [-0.2, 0) is 6.61 Å². The zero-order valence-corrected chi connectivity index (χ0v) is 11.7. The first-order valence-electron chi connectivity index (χ1n) is 6.67. The number of H-pyrrole nitrogens is 1. The number of nitrogens with one attached hydrogen (secondary N) is 1. The molecule has 0 aliphatic heterocycles. The average molecular weight is 273 g/mol. The van der Waals surface area contributed by atoms with Crippen LogP contribution in [0.15, 0.2) is 41.2 Å². The van der Waals surface area contributed by atoms with Crippen molar-refractivity contribution in [2.75, 3.05) is 6.61 Å². The minimum atomic E-state index is -0.274. The van der Waals surface area contributed by atoms with E-state index in [0.717, 1.165) is 11.3 Å². The summed E-state index contributed by atoms with van der Waals surface area (Å²) in [6, 6.07) is 11.0. The Kier molecular flexibility index (Phi) is 4.58. The number of aliphatic hydroxyl groups excluding tert-OH is 1. The SMILES string of the molecule is CC(C)COc1ccccc1-c1ccc(CO)c(=O)[nH]1. The van der Waals surface area contributed by atoms with Crippen molar-refractivity contribution in [3.05, 3.63) is 52.3 Å². The van der Waals surface area contributed by atoms with Gasteiger partial charge in [-0.05, 0) is 30.2 Å². The summed E-state index contributed by atoms with van der Waals surface area (Å²) in [5.74, 6) is 1.17. The minimum absolute atomic E-state index is 0.263. The molecule has 0 aliphatic carbocycles. The van der Waals surface area contributed by atoms with Gasteiger partial charge in [0.05, 0.1) is 18.9 Å². The summed E-state index contributed by atoms with van der Waals surface area (Å²) in [4.78, 5) is 14.5. The van der Waals surface area contributed by atoms with Gasteiger partial charge in [0.2, 0.25) is 0 Å². The van der Waals surface area contributed by atoms with E-state index in [2.05, 4.69) is 18.8 Å². The first-order chi connectivity index (χ1) is 9.61. The van der Waals surface area contributed by atoms with Crippen LogP contribution in [0.3, 0.4) is 0 Å². The van der Waals surface area contributed by atoms with Crippen molar-refractivity contribution in [3.63, 3.8) is 0 Å². The van der Waals surface area contributed by atoms with Gasteiger partial charge in [0.1, 0.15) is 5.75 Å². The van der Waals surface area contributed by atoms with E-state index in [4.69, 9.17) is 9.84 Å². The van der Waals surface area contributed by atoms with E-state index >= 15 is 0 Å². The fourth-order valence-corrected chi connectivity index (χ4v) is 1.86. The van der Waals surface area contributed by atoms with Crippen LogP contribution in [0.5, 0.6) is 5.75 Å². The third kappa shape index (κ3) is 3.27. The molecule has 1 aromatic carbocycles. The smallest absolute Gasteiger partial charge is 0.253 e. The number of rotatable bonds is 5. The molecule has 106 valence electrons. The quantitative estimate of drug-likeness (QED) is 0.880. The molecule has 0 fully saturated rings. The van der Waals surface area contributed by atoms with Crippen LogP contribution in [0.4, 0.5) is 0 Å². The predicted molar refractivity (Wildman–Crippen MR) is 78.8 cm³/mol. The van der Waals surface area contributed by atoms with Crippen molar-refractivity contribution in [3.8, 4) is 17.0 Å². The molecule has 0 spiro atoms. The number of aromatic nitrogens is 1. The third-order valence-corrected chi connectivity index (χ3v) is 2.91. The molecule has 2 rings (SSSR count). The summed E-state index contributed by atoms with van der Waals surface area (Å²) >= 11 is 0. The van der Waals surface area contributed by atoms with Gasteiger partial charge >= 0.3 is 0 Å². The molecule has 0 saturated heterocycles. The van der Waals surface area contributed by atoms with Crippen molar-refractivity contribution < 1.29 is 9.84 Å². The molecule has 0 radical (unpaired) electrons. The van der Waals surface area contributed by atoms with E-state index in [-0.39, 0.29) is 12.2 Å². The van der Waals surface area contributed by atoms with Crippen LogP contribution in [0, 0.1) is 5.92 Å². The summed E-state index contributed by atoms with van der Waals surface area (Å²) in [6.45, 7) is 4.53. The maximum atomic E-state index is 11.8. The normalized spacial score (nSPS) is 10.8. The Morgan fingerprint density at radius 3 is 2.60 bits per heavy atom. The molecular weight excluding hydrogens is 254 g/mol. The summed E-state index contributed by atoms with van der Waals surface area (Å²) in [5.41, 5.74) is 1.61. The maximum absolute atomic E-state index is 11.8. The molecule has 1 heterocycles. The highest BCUT2D eigenvalue weighted by Crippen LogP contribution is 2.28. The number of benzene rings is 1. The fourth-order valence-electron chi connectivity index (χ4n) is 1.86. The summed E-state index contributed by atoms with van der Waals surface area (Å²) < 4.78 is 5.78. The molecule has 2 N–H and O–H groups in total. The molecule has 0 unspecified atom stereocenters. The van der Waals surface area contributed by atoms with Gasteiger partial charge < -0.3 is 14.8 Å². The summed E-state index contributed by atoms with van der Waals surface area (Å²) in [5, 5.41) is 9.04. The Labute approximate surface area is 118 Å². The van der Waals surface area contributed by atoms with Crippen LogP contribution < -0.4 is 10.3 Å². The molecule has 0 atom stereocenters. The lowest BCUT2D eigenvalue weighted by atomic mass is 10.1. The molecule has 0 aliphatic rings. The first kappa shape index (κ1) is 14.3. The predicted octanol–water partition coefficient (Wildman–Crippen LogP) is 2.57. The second-order valence-corrected chi connectivity index (χ2v) is 5.09. The highest BCUT2D eigenvalue weighted by Gasteiger charge is 2.08. The van der Waals surface area contributed by atoms with Crippen molar-refractivity contribution in [1.82, 2.24) is 4.98 Å². The van der Waals surface area contributed by atoms with E-state index in [1.807, 2.05) is 24.3 Å². The van der Waals surface area contributed by atoms with Gasteiger partial charge in [-0.2, -0.15) is 0 Å². The van der Waals surface area contributed by atoms with Crippen molar-refractivity contribution in [2.24, 2.45) is 5.92 Å². The van der Waals surface area contributed by atoms with Gasteiger partial charge in [-0.1, -0.05) is 26.0 Å². The Morgan fingerprint density at radius 1 is 1.20 bits per heavy atom. The Morgan fingerprint density at radius 2 is 1.95 bits per heavy atom. The minimum Gasteiger partial charge on any atom is -0.493 e. The summed E-state index contributed by atoms with van der Waals surface area (Å²) in [7, 11) is 0. The van der Waals surface area contributed by atoms with Crippen molar-refractivity contribution >= 4 is 0 Å². The van der Waals surface area contributed by atoms with Gasteiger partial charge in [-0.15, -0.1) is 0 Å². The molecule has 0 saturated carbocycles. The molecule has 0 amide bonds. The van der Waals surface area contributed by atoms with E-state index < -0.39 is 0 Å². The van der Waals surface area contributed by atoms with Gasteiger partial charge in [0.15, 0.2) is 0 Å². The Balaban J connectivity index is 2.37. The van der Waals surface area contributed by atoms with Gasteiger partial charge in [0, 0.05) is 11.1 Å². The van der Waals surface area contributed by atoms with Crippen molar-refractivity contribution in [1.29, 1.82) is 0 Å². The van der Waals surface area contributed by atoms with Gasteiger partial charge in [-0.3, -0.25) is 4.79 Å². The number of hydrogen-bond acceptors (Lipinski definition) is 3. The second kappa shape index (κ2) is 6.39.